The summed E-state index contributed by atoms with van der Waals surface area (Å²) in [7, 11) is 8.92. The summed E-state index contributed by atoms with van der Waals surface area (Å²) in [4.78, 5) is 5.17. The maximum atomic E-state index is 9.16. The first-order chi connectivity index (χ1) is 22.0. The Kier molecular flexibility index (Phi) is 11.1. The lowest BCUT2D eigenvalue weighted by molar-refractivity contribution is -0.0397. The van der Waals surface area contributed by atoms with Crippen molar-refractivity contribution >= 4 is 0 Å². The Bertz CT molecular complexity index is 1420. The molecule has 2 fully saturated rings. The van der Waals surface area contributed by atoms with Crippen LogP contribution in [0.1, 0.15) is 42.4 Å². The van der Waals surface area contributed by atoms with Gasteiger partial charge in [0.1, 0.15) is 5.75 Å². The normalized spacial score (nSPS) is 20.0. The van der Waals surface area contributed by atoms with Gasteiger partial charge in [-0.3, -0.25) is 4.90 Å². The number of likely N-dealkylation sites (tertiary alicyclic amines) is 1. The van der Waals surface area contributed by atoms with Gasteiger partial charge in [-0.25, -0.2) is 0 Å². The molecular formula is C37H47N3O5. The maximum Gasteiger partial charge on any atom is 0.164 e. The molecule has 1 saturated heterocycles. The molecule has 5 rings (SSSR count). The number of nitriles is 1. The number of piperidine rings is 1. The molecule has 8 nitrogen and oxygen atoms in total. The molecule has 240 valence electrons. The fourth-order valence-electron chi connectivity index (χ4n) is 7.27. The molecule has 8 heteroatoms. The summed E-state index contributed by atoms with van der Waals surface area (Å²) in [5, 5.41) is 9.16. The number of fused-ring (bicyclic) bond motifs is 2. The van der Waals surface area contributed by atoms with Gasteiger partial charge in [-0.15, -0.1) is 0 Å². The fourth-order valence-corrected chi connectivity index (χ4v) is 7.27. The largest absolute Gasteiger partial charge is 0.493 e. The van der Waals surface area contributed by atoms with Crippen LogP contribution in [0, 0.1) is 23.2 Å². The Hall–Kier alpha value is -3.93. The molecule has 2 bridgehead atoms. The monoisotopic (exact) mass is 613 g/mol. The predicted molar refractivity (Wildman–Crippen MR) is 176 cm³/mol. The highest BCUT2D eigenvalue weighted by Crippen LogP contribution is 2.41. The van der Waals surface area contributed by atoms with Crippen molar-refractivity contribution in [2.75, 3.05) is 55.1 Å². The standard InChI is InChI=1S/C37H47N3O5/c1-39(37-29-14-15-30(37)25-40(24-29)20-19-27-13-17-32(41-2)34(21-27)43-4)36(8-6-7-26-9-11-28(23-38)12-10-26)45-31-16-18-33(42-3)35(22-31)44-5/h9-13,16-18,21-22,29-30,36-37H,6-8,14-15,19-20,24-25H2,1-5H3. The second kappa shape index (κ2) is 15.4. The van der Waals surface area contributed by atoms with Crippen LogP contribution in [0.2, 0.25) is 0 Å². The van der Waals surface area contributed by atoms with Gasteiger partial charge in [-0.2, -0.15) is 5.26 Å². The summed E-state index contributed by atoms with van der Waals surface area (Å²) in [5.74, 6) is 4.90. The molecule has 3 unspecified atom stereocenters. The van der Waals surface area contributed by atoms with Crippen molar-refractivity contribution in [1.82, 2.24) is 9.80 Å². The zero-order valence-corrected chi connectivity index (χ0v) is 27.3. The number of rotatable bonds is 15. The van der Waals surface area contributed by atoms with E-state index < -0.39 is 0 Å². The lowest BCUT2D eigenvalue weighted by Gasteiger charge is -2.45. The quantitative estimate of drug-likeness (QED) is 0.188. The van der Waals surface area contributed by atoms with Crippen molar-refractivity contribution in [2.24, 2.45) is 11.8 Å². The summed E-state index contributed by atoms with van der Waals surface area (Å²) in [6, 6.07) is 22.6. The summed E-state index contributed by atoms with van der Waals surface area (Å²) >= 11 is 0. The lowest BCUT2D eigenvalue weighted by Crippen LogP contribution is -2.55. The van der Waals surface area contributed by atoms with Gasteiger partial charge in [-0.1, -0.05) is 18.2 Å². The molecule has 1 aliphatic heterocycles. The van der Waals surface area contributed by atoms with E-state index >= 15 is 0 Å². The minimum atomic E-state index is -0.0760. The molecule has 2 aliphatic rings. The van der Waals surface area contributed by atoms with Crippen LogP contribution in [0.5, 0.6) is 28.7 Å². The SMILES string of the molecule is COc1ccc(CCN2CC3CCC(C2)C3N(C)C(CCCc2ccc(C#N)cc2)Oc2ccc(OC)c(OC)c2)cc1OC. The summed E-state index contributed by atoms with van der Waals surface area (Å²) in [6.45, 7) is 3.25. The van der Waals surface area contributed by atoms with Crippen LogP contribution in [-0.2, 0) is 12.8 Å². The van der Waals surface area contributed by atoms with Crippen LogP contribution < -0.4 is 23.7 Å². The summed E-state index contributed by atoms with van der Waals surface area (Å²) in [5.41, 5.74) is 3.20. The van der Waals surface area contributed by atoms with Crippen LogP contribution in [-0.4, -0.2) is 77.2 Å². The second-order valence-corrected chi connectivity index (χ2v) is 12.2. The van der Waals surface area contributed by atoms with Crippen LogP contribution in [0.25, 0.3) is 0 Å². The predicted octanol–water partition coefficient (Wildman–Crippen LogP) is 6.21. The highest BCUT2D eigenvalue weighted by molar-refractivity contribution is 5.45. The Balaban J connectivity index is 1.25. The van der Waals surface area contributed by atoms with Crippen molar-refractivity contribution in [1.29, 1.82) is 5.26 Å². The van der Waals surface area contributed by atoms with Gasteiger partial charge in [0.2, 0.25) is 0 Å². The van der Waals surface area contributed by atoms with Gasteiger partial charge in [0.15, 0.2) is 29.2 Å². The topological polar surface area (TPSA) is 76.4 Å². The zero-order chi connectivity index (χ0) is 31.8. The van der Waals surface area contributed by atoms with Gasteiger partial charge in [0.25, 0.3) is 0 Å². The van der Waals surface area contributed by atoms with E-state index in [0.717, 1.165) is 62.6 Å². The first-order valence-corrected chi connectivity index (χ1v) is 16.0. The maximum absolute atomic E-state index is 9.16. The van der Waals surface area contributed by atoms with Crippen LogP contribution >= 0.6 is 0 Å². The Morgan fingerprint density at radius 1 is 0.778 bits per heavy atom. The zero-order valence-electron chi connectivity index (χ0n) is 27.3. The summed E-state index contributed by atoms with van der Waals surface area (Å²) in [6.07, 6.45) is 6.22. The lowest BCUT2D eigenvalue weighted by atomic mass is 9.90. The average molecular weight is 614 g/mol. The molecule has 3 aromatic rings. The number of benzene rings is 3. The van der Waals surface area contributed by atoms with Crippen molar-refractivity contribution in [3.8, 4) is 34.8 Å². The van der Waals surface area contributed by atoms with Gasteiger partial charge >= 0.3 is 0 Å². The van der Waals surface area contributed by atoms with Crippen molar-refractivity contribution in [3.05, 3.63) is 77.4 Å². The highest BCUT2D eigenvalue weighted by Gasteiger charge is 2.45. The Labute approximate surface area is 268 Å². The Morgan fingerprint density at radius 2 is 1.38 bits per heavy atom. The van der Waals surface area contributed by atoms with Gasteiger partial charge in [0.05, 0.1) is 40.1 Å². The van der Waals surface area contributed by atoms with Crippen LogP contribution in [0.3, 0.4) is 0 Å². The fraction of sp³-hybridized carbons (Fsp3) is 0.486. The van der Waals surface area contributed by atoms with Crippen molar-refractivity contribution < 1.29 is 23.7 Å². The van der Waals surface area contributed by atoms with E-state index in [9.17, 15) is 0 Å². The molecule has 45 heavy (non-hydrogen) atoms. The first kappa shape index (κ1) is 32.5. The number of methoxy groups -OCH3 is 4. The van der Waals surface area contributed by atoms with E-state index in [0.29, 0.717) is 34.9 Å². The minimum absolute atomic E-state index is 0.0760. The molecule has 0 amide bonds. The summed E-state index contributed by atoms with van der Waals surface area (Å²) < 4.78 is 28.7. The van der Waals surface area contributed by atoms with Crippen LogP contribution in [0.15, 0.2) is 60.7 Å². The van der Waals surface area contributed by atoms with Gasteiger partial charge in [0, 0.05) is 31.7 Å². The molecule has 0 aromatic heterocycles. The van der Waals surface area contributed by atoms with Crippen molar-refractivity contribution in [2.45, 2.75) is 50.8 Å². The number of nitrogens with zero attached hydrogens (tertiary/aromatic N) is 3. The third-order valence-corrected chi connectivity index (χ3v) is 9.58. The third-order valence-electron chi connectivity index (χ3n) is 9.58. The van der Waals surface area contributed by atoms with Gasteiger partial charge < -0.3 is 28.6 Å². The van der Waals surface area contributed by atoms with E-state index in [1.165, 1.54) is 24.0 Å². The third kappa shape index (κ3) is 7.84. The highest BCUT2D eigenvalue weighted by atomic mass is 16.5. The molecule has 1 saturated carbocycles. The minimum Gasteiger partial charge on any atom is -0.493 e. The van der Waals surface area contributed by atoms with Crippen LogP contribution in [0.4, 0.5) is 0 Å². The molecule has 3 aromatic carbocycles. The number of hydrogen-bond donors (Lipinski definition) is 0. The molecule has 0 N–H and O–H groups in total. The number of hydrogen-bond acceptors (Lipinski definition) is 8. The molecule has 1 heterocycles. The average Bonchev–Trinajstić information content (AvgIpc) is 3.35. The molecule has 3 atom stereocenters. The van der Waals surface area contributed by atoms with E-state index in [4.69, 9.17) is 28.9 Å². The molecule has 0 radical (unpaired) electrons. The second-order valence-electron chi connectivity index (χ2n) is 12.2. The molecule has 0 spiro atoms. The molecule has 1 aliphatic carbocycles. The Morgan fingerprint density at radius 3 is 2.00 bits per heavy atom. The van der Waals surface area contributed by atoms with Gasteiger partial charge in [-0.05, 0) is 105 Å². The molecular weight excluding hydrogens is 566 g/mol. The van der Waals surface area contributed by atoms with E-state index in [1.54, 1.807) is 28.4 Å². The first-order valence-electron chi connectivity index (χ1n) is 16.0. The number of ether oxygens (including phenoxy) is 5. The van der Waals surface area contributed by atoms with E-state index in [-0.39, 0.29) is 6.23 Å². The van der Waals surface area contributed by atoms with E-state index in [2.05, 4.69) is 47.2 Å². The smallest absolute Gasteiger partial charge is 0.164 e. The van der Waals surface area contributed by atoms with Crippen molar-refractivity contribution in [3.63, 3.8) is 0 Å². The number of aryl methyl sites for hydroxylation is 1. The van der Waals surface area contributed by atoms with E-state index in [1.807, 2.05) is 36.4 Å².